The van der Waals surface area contributed by atoms with Gasteiger partial charge in [0, 0.05) is 19.0 Å². The van der Waals surface area contributed by atoms with Crippen LogP contribution in [0.3, 0.4) is 0 Å². The molecule has 0 atom stereocenters. The number of benzene rings is 1. The van der Waals surface area contributed by atoms with Crippen LogP contribution in [0.4, 0.5) is 0 Å². The van der Waals surface area contributed by atoms with E-state index in [0.717, 1.165) is 50.2 Å². The highest BCUT2D eigenvalue weighted by Gasteiger charge is 2.31. The molecule has 1 aromatic carbocycles. The average molecular weight is 390 g/mol. The maximum absolute atomic E-state index is 12.9. The van der Waals surface area contributed by atoms with Crippen molar-refractivity contribution in [1.29, 1.82) is 0 Å². The highest BCUT2D eigenvalue weighted by molar-refractivity contribution is 5.78. The highest BCUT2D eigenvalue weighted by atomic mass is 16.7. The SMILES string of the molecule is COc1cc2c(cc1OC)CN(C(=O)CN1CCC(C3OCCO3)CC1)CC2. The number of piperidine rings is 1. The molecular formula is C21H30N2O5. The van der Waals surface area contributed by atoms with Crippen LogP contribution in [0, 0.1) is 5.92 Å². The van der Waals surface area contributed by atoms with Gasteiger partial charge in [-0.3, -0.25) is 9.69 Å². The summed E-state index contributed by atoms with van der Waals surface area (Å²) in [5.41, 5.74) is 2.38. The van der Waals surface area contributed by atoms with Gasteiger partial charge in [0.05, 0.1) is 34.0 Å². The molecule has 0 bridgehead atoms. The summed E-state index contributed by atoms with van der Waals surface area (Å²) in [4.78, 5) is 17.1. The van der Waals surface area contributed by atoms with E-state index in [9.17, 15) is 4.79 Å². The van der Waals surface area contributed by atoms with Gasteiger partial charge in [-0.1, -0.05) is 0 Å². The van der Waals surface area contributed by atoms with E-state index in [1.54, 1.807) is 14.2 Å². The molecule has 0 radical (unpaired) electrons. The first-order valence-electron chi connectivity index (χ1n) is 10.1. The molecule has 2 saturated heterocycles. The molecule has 7 heteroatoms. The maximum Gasteiger partial charge on any atom is 0.237 e. The van der Waals surface area contributed by atoms with Gasteiger partial charge in [0.1, 0.15) is 0 Å². The van der Waals surface area contributed by atoms with Gasteiger partial charge in [-0.15, -0.1) is 0 Å². The third kappa shape index (κ3) is 4.11. The number of likely N-dealkylation sites (tertiary alicyclic amines) is 1. The standard InChI is InChI=1S/C21H30N2O5/c1-25-18-11-16-5-8-23(13-17(16)12-19(18)26-2)20(24)14-22-6-3-15(4-7-22)21-27-9-10-28-21/h11-12,15,21H,3-10,13-14H2,1-2H3. The second-order valence-electron chi connectivity index (χ2n) is 7.76. The van der Waals surface area contributed by atoms with Crippen molar-refractivity contribution >= 4 is 5.91 Å². The molecule has 1 aromatic rings. The number of carbonyl (C=O) groups excluding carboxylic acids is 1. The number of carbonyl (C=O) groups is 1. The molecule has 3 heterocycles. The number of rotatable bonds is 5. The fraction of sp³-hybridized carbons (Fsp3) is 0.667. The van der Waals surface area contributed by atoms with Crippen LogP contribution in [0.15, 0.2) is 12.1 Å². The molecule has 4 rings (SSSR count). The molecule has 0 unspecified atom stereocenters. The molecule has 3 aliphatic rings. The van der Waals surface area contributed by atoms with Crippen molar-refractivity contribution in [3.05, 3.63) is 23.3 Å². The molecule has 2 fully saturated rings. The Hall–Kier alpha value is -1.83. The van der Waals surface area contributed by atoms with Crippen LogP contribution in [0.5, 0.6) is 11.5 Å². The Kier molecular flexibility index (Phi) is 6.04. The number of ether oxygens (including phenoxy) is 4. The highest BCUT2D eigenvalue weighted by Crippen LogP contribution is 2.33. The lowest BCUT2D eigenvalue weighted by Gasteiger charge is -2.35. The predicted octanol–water partition coefficient (Wildman–Crippen LogP) is 1.67. The van der Waals surface area contributed by atoms with Crippen LogP contribution < -0.4 is 9.47 Å². The quantitative estimate of drug-likeness (QED) is 0.762. The number of nitrogens with zero attached hydrogens (tertiary/aromatic N) is 2. The minimum atomic E-state index is -0.0385. The lowest BCUT2D eigenvalue weighted by molar-refractivity contribution is -0.134. The first-order valence-corrected chi connectivity index (χ1v) is 10.1. The van der Waals surface area contributed by atoms with Gasteiger partial charge >= 0.3 is 0 Å². The topological polar surface area (TPSA) is 60.5 Å². The van der Waals surface area contributed by atoms with Gasteiger partial charge in [-0.05, 0) is 55.6 Å². The van der Waals surface area contributed by atoms with Crippen LogP contribution >= 0.6 is 0 Å². The molecule has 154 valence electrons. The number of hydrogen-bond acceptors (Lipinski definition) is 6. The van der Waals surface area contributed by atoms with Crippen molar-refractivity contribution in [3.8, 4) is 11.5 Å². The molecule has 1 amide bonds. The number of fused-ring (bicyclic) bond motifs is 1. The van der Waals surface area contributed by atoms with E-state index < -0.39 is 0 Å². The van der Waals surface area contributed by atoms with E-state index in [4.69, 9.17) is 18.9 Å². The lowest BCUT2D eigenvalue weighted by atomic mass is 9.96. The van der Waals surface area contributed by atoms with Crippen LogP contribution in [-0.2, 0) is 27.2 Å². The van der Waals surface area contributed by atoms with Gasteiger partial charge in [0.25, 0.3) is 0 Å². The van der Waals surface area contributed by atoms with Crippen molar-refractivity contribution in [1.82, 2.24) is 9.80 Å². The summed E-state index contributed by atoms with van der Waals surface area (Å²) in [6.45, 7) is 5.13. The van der Waals surface area contributed by atoms with Crippen molar-refractivity contribution in [2.75, 3.05) is 53.6 Å². The van der Waals surface area contributed by atoms with Crippen molar-refractivity contribution in [2.24, 2.45) is 5.92 Å². The minimum absolute atomic E-state index is 0.0385. The fourth-order valence-corrected chi connectivity index (χ4v) is 4.42. The van der Waals surface area contributed by atoms with Crippen molar-refractivity contribution < 1.29 is 23.7 Å². The van der Waals surface area contributed by atoms with Crippen LogP contribution in [0.1, 0.15) is 24.0 Å². The van der Waals surface area contributed by atoms with Crippen molar-refractivity contribution in [3.63, 3.8) is 0 Å². The van der Waals surface area contributed by atoms with Gasteiger partial charge in [0.2, 0.25) is 5.91 Å². The van der Waals surface area contributed by atoms with Crippen LogP contribution in [0.25, 0.3) is 0 Å². The Balaban J connectivity index is 1.31. The summed E-state index contributed by atoms with van der Waals surface area (Å²) >= 11 is 0. The third-order valence-electron chi connectivity index (χ3n) is 6.09. The summed E-state index contributed by atoms with van der Waals surface area (Å²) in [5, 5.41) is 0. The lowest BCUT2D eigenvalue weighted by Crippen LogP contribution is -2.46. The molecule has 0 saturated carbocycles. The normalized spacial score (nSPS) is 21.6. The largest absolute Gasteiger partial charge is 0.493 e. The first-order chi connectivity index (χ1) is 13.7. The number of methoxy groups -OCH3 is 2. The van der Waals surface area contributed by atoms with E-state index in [1.165, 1.54) is 5.56 Å². The molecule has 7 nitrogen and oxygen atoms in total. The Labute approximate surface area is 166 Å². The minimum Gasteiger partial charge on any atom is -0.493 e. The maximum atomic E-state index is 12.9. The van der Waals surface area contributed by atoms with E-state index in [0.29, 0.717) is 38.0 Å². The number of amides is 1. The van der Waals surface area contributed by atoms with Gasteiger partial charge in [0.15, 0.2) is 17.8 Å². The summed E-state index contributed by atoms with van der Waals surface area (Å²) in [7, 11) is 3.29. The molecule has 28 heavy (non-hydrogen) atoms. The predicted molar refractivity (Wildman–Crippen MR) is 104 cm³/mol. The zero-order valence-corrected chi connectivity index (χ0v) is 16.8. The van der Waals surface area contributed by atoms with E-state index in [-0.39, 0.29) is 12.2 Å². The Bertz CT molecular complexity index is 696. The second kappa shape index (κ2) is 8.68. The third-order valence-corrected chi connectivity index (χ3v) is 6.09. The zero-order valence-electron chi connectivity index (χ0n) is 16.8. The summed E-state index contributed by atoms with van der Waals surface area (Å²) < 4.78 is 22.1. The van der Waals surface area contributed by atoms with Gasteiger partial charge in [-0.25, -0.2) is 0 Å². The average Bonchev–Trinajstić information content (AvgIpc) is 3.27. The zero-order chi connectivity index (χ0) is 19.5. The first kappa shape index (κ1) is 19.5. The Morgan fingerprint density at radius 3 is 2.32 bits per heavy atom. The summed E-state index contributed by atoms with van der Waals surface area (Å²) in [6, 6.07) is 4.04. The van der Waals surface area contributed by atoms with E-state index in [2.05, 4.69) is 4.90 Å². The molecule has 3 aliphatic heterocycles. The van der Waals surface area contributed by atoms with Crippen LogP contribution in [0.2, 0.25) is 0 Å². The van der Waals surface area contributed by atoms with E-state index >= 15 is 0 Å². The number of hydrogen-bond donors (Lipinski definition) is 0. The Morgan fingerprint density at radius 1 is 1.04 bits per heavy atom. The monoisotopic (exact) mass is 390 g/mol. The molecule has 0 aromatic heterocycles. The van der Waals surface area contributed by atoms with Crippen LogP contribution in [-0.4, -0.2) is 75.6 Å². The molecule has 0 N–H and O–H groups in total. The molecule has 0 spiro atoms. The van der Waals surface area contributed by atoms with Crippen molar-refractivity contribution in [2.45, 2.75) is 32.1 Å². The fourth-order valence-electron chi connectivity index (χ4n) is 4.42. The molecular weight excluding hydrogens is 360 g/mol. The van der Waals surface area contributed by atoms with E-state index in [1.807, 2.05) is 17.0 Å². The smallest absolute Gasteiger partial charge is 0.237 e. The van der Waals surface area contributed by atoms with Gasteiger partial charge in [-0.2, -0.15) is 0 Å². The van der Waals surface area contributed by atoms with Gasteiger partial charge < -0.3 is 23.8 Å². The second-order valence-corrected chi connectivity index (χ2v) is 7.76. The molecule has 0 aliphatic carbocycles. The summed E-state index contributed by atoms with van der Waals surface area (Å²) in [5.74, 6) is 2.12. The summed E-state index contributed by atoms with van der Waals surface area (Å²) in [6.07, 6.45) is 2.86. The Morgan fingerprint density at radius 2 is 1.68 bits per heavy atom.